The van der Waals surface area contributed by atoms with E-state index in [4.69, 9.17) is 9.47 Å². The van der Waals surface area contributed by atoms with E-state index in [1.54, 1.807) is 25.2 Å². The maximum absolute atomic E-state index is 12.8. The summed E-state index contributed by atoms with van der Waals surface area (Å²) < 4.78 is 50.5. The lowest BCUT2D eigenvalue weighted by Gasteiger charge is -2.27. The number of nitrogens with one attached hydrogen (secondary N) is 1. The van der Waals surface area contributed by atoms with Crippen LogP contribution in [-0.2, 0) is 14.8 Å². The van der Waals surface area contributed by atoms with E-state index >= 15 is 0 Å². The number of hydrogen-bond donors (Lipinski definition) is 1. The number of carbonyl (C=O) groups excluding carboxylic acids is 1. The average Bonchev–Trinajstić information content (AvgIpc) is 2.60. The molecule has 0 aliphatic carbocycles. The number of fused-ring (bicyclic) bond motifs is 1. The van der Waals surface area contributed by atoms with Crippen molar-refractivity contribution < 1.29 is 27.1 Å². The number of ether oxygens (including phenoxy) is 2. The van der Waals surface area contributed by atoms with Crippen LogP contribution in [-0.4, -0.2) is 40.3 Å². The molecule has 9 heteroatoms. The van der Waals surface area contributed by atoms with E-state index in [0.717, 1.165) is 0 Å². The maximum Gasteiger partial charge on any atom is 0.264 e. The number of hydrogen-bond acceptors (Lipinski definition) is 5. The molecule has 0 fully saturated rings. The van der Waals surface area contributed by atoms with Crippen LogP contribution in [0, 0.1) is 5.82 Å². The molecule has 2 aromatic rings. The zero-order valence-electron chi connectivity index (χ0n) is 13.9. The SMILES string of the molecule is CN1C(=O)COc2c(NS(=O)(=O)CCOc3ccc(F)cc3)cccc21. The minimum Gasteiger partial charge on any atom is -0.492 e. The molecule has 1 amide bonds. The Labute approximate surface area is 150 Å². The molecule has 0 aromatic heterocycles. The molecule has 1 heterocycles. The van der Waals surface area contributed by atoms with Crippen LogP contribution in [0.3, 0.4) is 0 Å². The predicted octanol–water partition coefficient (Wildman–Crippen LogP) is 2.00. The smallest absolute Gasteiger partial charge is 0.264 e. The number of benzene rings is 2. The first-order valence-corrected chi connectivity index (χ1v) is 9.42. The first-order valence-electron chi connectivity index (χ1n) is 7.77. The number of halogens is 1. The summed E-state index contributed by atoms with van der Waals surface area (Å²) in [6.07, 6.45) is 0. The molecule has 7 nitrogen and oxygen atoms in total. The summed E-state index contributed by atoms with van der Waals surface area (Å²) in [7, 11) is -2.11. The molecule has 0 spiro atoms. The summed E-state index contributed by atoms with van der Waals surface area (Å²) in [4.78, 5) is 13.1. The molecule has 26 heavy (non-hydrogen) atoms. The first kappa shape index (κ1) is 18.0. The number of nitrogens with zero attached hydrogens (tertiary/aromatic N) is 1. The standard InChI is InChI=1S/C17H17FN2O5S/c1-20-15-4-2-3-14(17(15)25-11-16(20)21)19-26(22,23)10-9-24-13-7-5-12(18)6-8-13/h2-8,19H,9-11H2,1H3. The van der Waals surface area contributed by atoms with Crippen molar-refractivity contribution in [3.05, 3.63) is 48.3 Å². The Bertz CT molecular complexity index is 915. The minimum atomic E-state index is -3.71. The van der Waals surface area contributed by atoms with Gasteiger partial charge in [0, 0.05) is 7.05 Å². The molecule has 0 saturated carbocycles. The largest absolute Gasteiger partial charge is 0.492 e. The summed E-state index contributed by atoms with van der Waals surface area (Å²) >= 11 is 0. The predicted molar refractivity (Wildman–Crippen MR) is 94.7 cm³/mol. The molecule has 0 saturated heterocycles. The van der Waals surface area contributed by atoms with Gasteiger partial charge in [0.25, 0.3) is 5.91 Å². The Kier molecular flexibility index (Phi) is 4.99. The van der Waals surface area contributed by atoms with Crippen LogP contribution in [0.25, 0.3) is 0 Å². The fraction of sp³-hybridized carbons (Fsp3) is 0.235. The zero-order chi connectivity index (χ0) is 18.7. The van der Waals surface area contributed by atoms with E-state index in [0.29, 0.717) is 17.2 Å². The van der Waals surface area contributed by atoms with Gasteiger partial charge in [0.1, 0.15) is 23.9 Å². The van der Waals surface area contributed by atoms with Gasteiger partial charge in [-0.25, -0.2) is 12.8 Å². The van der Waals surface area contributed by atoms with Gasteiger partial charge in [0.05, 0.1) is 11.4 Å². The molecule has 3 rings (SSSR count). The molecule has 1 N–H and O–H groups in total. The summed E-state index contributed by atoms with van der Waals surface area (Å²) in [5.41, 5.74) is 0.743. The Hall–Kier alpha value is -2.81. The van der Waals surface area contributed by atoms with Crippen molar-refractivity contribution in [2.45, 2.75) is 0 Å². The second-order valence-electron chi connectivity index (χ2n) is 5.62. The second-order valence-corrected chi connectivity index (χ2v) is 7.46. The van der Waals surface area contributed by atoms with Gasteiger partial charge in [-0.3, -0.25) is 9.52 Å². The van der Waals surface area contributed by atoms with Crippen LogP contribution in [0.2, 0.25) is 0 Å². The topological polar surface area (TPSA) is 84.9 Å². The van der Waals surface area contributed by atoms with Gasteiger partial charge in [-0.15, -0.1) is 0 Å². The highest BCUT2D eigenvalue weighted by Gasteiger charge is 2.25. The van der Waals surface area contributed by atoms with Crippen molar-refractivity contribution >= 4 is 27.3 Å². The van der Waals surface area contributed by atoms with Crippen molar-refractivity contribution in [3.8, 4) is 11.5 Å². The first-order chi connectivity index (χ1) is 12.4. The van der Waals surface area contributed by atoms with E-state index < -0.39 is 15.8 Å². The molecular weight excluding hydrogens is 363 g/mol. The van der Waals surface area contributed by atoms with E-state index in [1.807, 2.05) is 0 Å². The van der Waals surface area contributed by atoms with Crippen LogP contribution in [0.1, 0.15) is 0 Å². The number of sulfonamides is 1. The van der Waals surface area contributed by atoms with Gasteiger partial charge in [-0.2, -0.15) is 0 Å². The Morgan fingerprint density at radius 2 is 1.96 bits per heavy atom. The number of para-hydroxylation sites is 1. The van der Waals surface area contributed by atoms with Gasteiger partial charge >= 0.3 is 0 Å². The van der Waals surface area contributed by atoms with E-state index in [1.165, 1.54) is 29.2 Å². The maximum atomic E-state index is 12.8. The van der Waals surface area contributed by atoms with Gasteiger partial charge in [0.15, 0.2) is 12.4 Å². The van der Waals surface area contributed by atoms with Crippen LogP contribution >= 0.6 is 0 Å². The second kappa shape index (κ2) is 7.20. The monoisotopic (exact) mass is 380 g/mol. The van der Waals surface area contributed by atoms with Gasteiger partial charge in [-0.05, 0) is 36.4 Å². The van der Waals surface area contributed by atoms with E-state index in [-0.39, 0.29) is 30.6 Å². The number of amides is 1. The van der Waals surface area contributed by atoms with Crippen molar-refractivity contribution in [2.24, 2.45) is 0 Å². The molecule has 138 valence electrons. The molecule has 2 aromatic carbocycles. The third-order valence-corrected chi connectivity index (χ3v) is 5.00. The van der Waals surface area contributed by atoms with Crippen LogP contribution < -0.4 is 19.1 Å². The lowest BCUT2D eigenvalue weighted by Crippen LogP contribution is -2.35. The highest BCUT2D eigenvalue weighted by Crippen LogP contribution is 2.38. The van der Waals surface area contributed by atoms with Gasteiger partial charge in [0.2, 0.25) is 10.0 Å². The zero-order valence-corrected chi connectivity index (χ0v) is 14.8. The summed E-state index contributed by atoms with van der Waals surface area (Å²) in [6, 6.07) is 10.2. The molecule has 0 atom stereocenters. The third-order valence-electron chi connectivity index (χ3n) is 3.77. The minimum absolute atomic E-state index is 0.102. The highest BCUT2D eigenvalue weighted by atomic mass is 32.2. The van der Waals surface area contributed by atoms with Gasteiger partial charge < -0.3 is 14.4 Å². The van der Waals surface area contributed by atoms with Crippen LogP contribution in [0.4, 0.5) is 15.8 Å². The average molecular weight is 380 g/mol. The van der Waals surface area contributed by atoms with Gasteiger partial charge in [-0.1, -0.05) is 6.07 Å². The molecule has 1 aliphatic heterocycles. The van der Waals surface area contributed by atoms with E-state index in [9.17, 15) is 17.6 Å². The van der Waals surface area contributed by atoms with Crippen molar-refractivity contribution in [1.82, 2.24) is 0 Å². The molecule has 0 bridgehead atoms. The third kappa shape index (κ3) is 4.05. The van der Waals surface area contributed by atoms with E-state index in [2.05, 4.69) is 4.72 Å². The summed E-state index contributed by atoms with van der Waals surface area (Å²) in [6.45, 7) is -0.259. The molecular formula is C17H17FN2O5S. The number of rotatable bonds is 6. The van der Waals surface area contributed by atoms with Crippen molar-refractivity contribution in [1.29, 1.82) is 0 Å². The fourth-order valence-electron chi connectivity index (χ4n) is 2.40. The Balaban J connectivity index is 1.66. The normalized spacial score (nSPS) is 13.8. The Morgan fingerprint density at radius 1 is 1.23 bits per heavy atom. The number of anilines is 2. The Morgan fingerprint density at radius 3 is 2.69 bits per heavy atom. The molecule has 0 unspecified atom stereocenters. The molecule has 0 radical (unpaired) electrons. The van der Waals surface area contributed by atoms with Crippen LogP contribution in [0.15, 0.2) is 42.5 Å². The fourth-order valence-corrected chi connectivity index (χ4v) is 3.31. The van der Waals surface area contributed by atoms with Crippen molar-refractivity contribution in [2.75, 3.05) is 35.6 Å². The summed E-state index contributed by atoms with van der Waals surface area (Å²) in [5, 5.41) is 0. The number of likely N-dealkylation sites (N-methyl/N-ethyl adjacent to an activating group) is 1. The summed E-state index contributed by atoms with van der Waals surface area (Å²) in [5.74, 6) is -0.239. The van der Waals surface area contributed by atoms with Crippen molar-refractivity contribution in [3.63, 3.8) is 0 Å². The quantitative estimate of drug-likeness (QED) is 0.829. The number of carbonyl (C=O) groups is 1. The molecule has 1 aliphatic rings. The lowest BCUT2D eigenvalue weighted by atomic mass is 10.2. The van der Waals surface area contributed by atoms with Crippen LogP contribution in [0.5, 0.6) is 11.5 Å². The highest BCUT2D eigenvalue weighted by molar-refractivity contribution is 7.92. The lowest BCUT2D eigenvalue weighted by molar-refractivity contribution is -0.120.